The SMILES string of the molecule is CC.Cc1ccc(C)c(-c2c(C)ccc3c2c2ccccc2n3-c2ccccc2)c1-c1ccc2ccccc2c1C.Cc1ccccc1. The summed E-state index contributed by atoms with van der Waals surface area (Å²) in [5.74, 6) is 0. The predicted octanol–water partition coefficient (Wildman–Crippen LogP) is 13.5. The van der Waals surface area contributed by atoms with E-state index in [2.05, 4.69) is 167 Å². The highest BCUT2D eigenvalue weighted by Gasteiger charge is 2.23. The smallest absolute Gasteiger partial charge is 0.0547 e. The molecule has 0 atom stereocenters. The Hall–Kier alpha value is -5.40. The molecule has 0 aliphatic carbocycles. The molecule has 0 aliphatic rings. The van der Waals surface area contributed by atoms with Gasteiger partial charge in [-0.15, -0.1) is 0 Å². The monoisotopic (exact) mass is 623 g/mol. The maximum atomic E-state index is 2.42. The minimum atomic E-state index is 1.19. The molecular formula is C47H45N. The Morgan fingerprint density at radius 2 is 0.938 bits per heavy atom. The van der Waals surface area contributed by atoms with E-state index in [1.165, 1.54) is 88.3 Å². The topological polar surface area (TPSA) is 4.93 Å². The average molecular weight is 624 g/mol. The normalized spacial score (nSPS) is 10.8. The van der Waals surface area contributed by atoms with Gasteiger partial charge in [-0.1, -0.05) is 141 Å². The molecule has 0 aliphatic heterocycles. The first-order valence-electron chi connectivity index (χ1n) is 17.1. The molecule has 0 unspecified atom stereocenters. The van der Waals surface area contributed by atoms with E-state index in [-0.39, 0.29) is 0 Å². The minimum absolute atomic E-state index is 1.19. The van der Waals surface area contributed by atoms with Crippen molar-refractivity contribution in [3.8, 4) is 27.9 Å². The number of nitrogens with zero attached hydrogens (tertiary/aromatic N) is 1. The molecule has 1 heterocycles. The van der Waals surface area contributed by atoms with Crippen LogP contribution >= 0.6 is 0 Å². The maximum absolute atomic E-state index is 2.42. The van der Waals surface area contributed by atoms with Crippen molar-refractivity contribution in [2.75, 3.05) is 0 Å². The quantitative estimate of drug-likeness (QED) is 0.184. The number of aromatic nitrogens is 1. The van der Waals surface area contributed by atoms with E-state index in [9.17, 15) is 0 Å². The van der Waals surface area contributed by atoms with Crippen LogP contribution in [0.4, 0.5) is 0 Å². The largest absolute Gasteiger partial charge is 0.309 e. The van der Waals surface area contributed by atoms with Gasteiger partial charge in [0.1, 0.15) is 0 Å². The maximum Gasteiger partial charge on any atom is 0.0547 e. The molecule has 0 bridgehead atoms. The van der Waals surface area contributed by atoms with Gasteiger partial charge in [-0.25, -0.2) is 0 Å². The highest BCUT2D eigenvalue weighted by atomic mass is 15.0. The number of hydrogen-bond acceptors (Lipinski definition) is 0. The molecule has 1 heteroatoms. The number of hydrogen-bond donors (Lipinski definition) is 0. The number of aryl methyl sites for hydroxylation is 5. The molecule has 1 nitrogen and oxygen atoms in total. The van der Waals surface area contributed by atoms with Gasteiger partial charge in [-0.05, 0) is 114 Å². The Balaban J connectivity index is 0.000000393. The number of benzene rings is 7. The molecule has 1 aromatic heterocycles. The Morgan fingerprint density at radius 1 is 0.396 bits per heavy atom. The van der Waals surface area contributed by atoms with Crippen LogP contribution in [0.25, 0.3) is 60.5 Å². The zero-order valence-electron chi connectivity index (χ0n) is 29.3. The van der Waals surface area contributed by atoms with Crippen molar-refractivity contribution in [2.24, 2.45) is 0 Å². The Labute approximate surface area is 286 Å². The first kappa shape index (κ1) is 32.5. The minimum Gasteiger partial charge on any atom is -0.309 e. The highest BCUT2D eigenvalue weighted by molar-refractivity contribution is 6.18. The van der Waals surface area contributed by atoms with Gasteiger partial charge < -0.3 is 4.57 Å². The van der Waals surface area contributed by atoms with E-state index in [1.54, 1.807) is 0 Å². The van der Waals surface area contributed by atoms with Crippen LogP contribution in [-0.2, 0) is 0 Å². The lowest BCUT2D eigenvalue weighted by Gasteiger charge is -2.21. The van der Waals surface area contributed by atoms with Crippen LogP contribution in [0.2, 0.25) is 0 Å². The summed E-state index contributed by atoms with van der Waals surface area (Å²) >= 11 is 0. The van der Waals surface area contributed by atoms with Gasteiger partial charge in [0.15, 0.2) is 0 Å². The summed E-state index contributed by atoms with van der Waals surface area (Å²) in [6, 6.07) is 52.3. The van der Waals surface area contributed by atoms with Crippen molar-refractivity contribution in [2.45, 2.75) is 48.5 Å². The summed E-state index contributed by atoms with van der Waals surface area (Å²) in [4.78, 5) is 0. The van der Waals surface area contributed by atoms with Crippen molar-refractivity contribution in [1.29, 1.82) is 0 Å². The zero-order chi connectivity index (χ0) is 33.8. The van der Waals surface area contributed by atoms with Gasteiger partial charge >= 0.3 is 0 Å². The molecular weight excluding hydrogens is 579 g/mol. The standard InChI is InChI=1S/C38H31N.C7H8.C2H6/c1-24-18-19-25(2)36(35(24)31-22-21-28-12-8-9-15-30(28)27(31)4)37-26(3)20-23-34-38(37)32-16-10-11-17-33(32)39(34)29-13-6-5-7-14-29;1-7-5-3-2-4-6-7;1-2/h5-23H,1-4H3;2-6H,1H3;1-2H3. The zero-order valence-corrected chi connectivity index (χ0v) is 29.3. The van der Waals surface area contributed by atoms with E-state index in [0.717, 1.165) is 0 Å². The van der Waals surface area contributed by atoms with E-state index in [0.29, 0.717) is 0 Å². The Kier molecular flexibility index (Phi) is 9.60. The second-order valence-corrected chi connectivity index (χ2v) is 12.4. The number of rotatable bonds is 3. The third-order valence-electron chi connectivity index (χ3n) is 9.34. The van der Waals surface area contributed by atoms with Crippen LogP contribution in [-0.4, -0.2) is 4.57 Å². The van der Waals surface area contributed by atoms with E-state index >= 15 is 0 Å². The summed E-state index contributed by atoms with van der Waals surface area (Å²) in [5.41, 5.74) is 15.5. The van der Waals surface area contributed by atoms with Gasteiger partial charge in [0.05, 0.1) is 11.0 Å². The summed E-state index contributed by atoms with van der Waals surface area (Å²) in [6.07, 6.45) is 0. The Morgan fingerprint density at radius 3 is 1.60 bits per heavy atom. The summed E-state index contributed by atoms with van der Waals surface area (Å²) in [5, 5.41) is 5.22. The van der Waals surface area contributed by atoms with Crippen LogP contribution in [0.3, 0.4) is 0 Å². The van der Waals surface area contributed by atoms with Crippen molar-refractivity contribution in [1.82, 2.24) is 4.57 Å². The molecule has 7 aromatic carbocycles. The molecule has 0 radical (unpaired) electrons. The molecule has 0 amide bonds. The number of fused-ring (bicyclic) bond motifs is 4. The van der Waals surface area contributed by atoms with Gasteiger partial charge in [-0.3, -0.25) is 0 Å². The number of para-hydroxylation sites is 2. The molecule has 238 valence electrons. The fourth-order valence-corrected chi connectivity index (χ4v) is 7.05. The lowest BCUT2D eigenvalue weighted by molar-refractivity contribution is 1.18. The average Bonchev–Trinajstić information content (AvgIpc) is 3.46. The van der Waals surface area contributed by atoms with E-state index in [1.807, 2.05) is 32.0 Å². The second kappa shape index (κ2) is 14.2. The van der Waals surface area contributed by atoms with E-state index in [4.69, 9.17) is 0 Å². The summed E-state index contributed by atoms with van der Waals surface area (Å²) in [7, 11) is 0. The molecule has 48 heavy (non-hydrogen) atoms. The van der Waals surface area contributed by atoms with Crippen molar-refractivity contribution >= 4 is 32.6 Å². The molecule has 0 N–H and O–H groups in total. The first-order chi connectivity index (χ1) is 23.4. The first-order valence-corrected chi connectivity index (χ1v) is 17.1. The van der Waals surface area contributed by atoms with Crippen LogP contribution in [0.5, 0.6) is 0 Å². The van der Waals surface area contributed by atoms with Crippen LogP contribution in [0.1, 0.15) is 41.7 Å². The van der Waals surface area contributed by atoms with Gasteiger partial charge in [0, 0.05) is 16.5 Å². The summed E-state index contributed by atoms with van der Waals surface area (Å²) in [6.45, 7) is 15.2. The fraction of sp³-hybridized carbons (Fsp3) is 0.149. The van der Waals surface area contributed by atoms with Gasteiger partial charge in [-0.2, -0.15) is 0 Å². The molecule has 0 saturated heterocycles. The Bertz CT molecular complexity index is 2340. The second-order valence-electron chi connectivity index (χ2n) is 12.4. The van der Waals surface area contributed by atoms with Crippen LogP contribution < -0.4 is 0 Å². The molecule has 0 fully saturated rings. The third-order valence-corrected chi connectivity index (χ3v) is 9.34. The lowest BCUT2D eigenvalue weighted by Crippen LogP contribution is -1.98. The third kappa shape index (κ3) is 5.93. The van der Waals surface area contributed by atoms with Crippen molar-refractivity contribution in [3.05, 3.63) is 173 Å². The van der Waals surface area contributed by atoms with Crippen molar-refractivity contribution in [3.63, 3.8) is 0 Å². The lowest BCUT2D eigenvalue weighted by atomic mass is 9.82. The predicted molar refractivity (Wildman–Crippen MR) is 211 cm³/mol. The molecule has 0 saturated carbocycles. The van der Waals surface area contributed by atoms with Crippen LogP contribution in [0, 0.1) is 34.6 Å². The van der Waals surface area contributed by atoms with Crippen molar-refractivity contribution < 1.29 is 0 Å². The van der Waals surface area contributed by atoms with Crippen LogP contribution in [0.15, 0.2) is 146 Å². The summed E-state index contributed by atoms with van der Waals surface area (Å²) < 4.78 is 2.42. The molecule has 8 rings (SSSR count). The van der Waals surface area contributed by atoms with E-state index < -0.39 is 0 Å². The highest BCUT2D eigenvalue weighted by Crippen LogP contribution is 2.46. The van der Waals surface area contributed by atoms with Gasteiger partial charge in [0.2, 0.25) is 0 Å². The molecule has 8 aromatic rings. The van der Waals surface area contributed by atoms with Gasteiger partial charge in [0.25, 0.3) is 0 Å². The fourth-order valence-electron chi connectivity index (χ4n) is 7.05. The molecule has 0 spiro atoms.